The van der Waals surface area contributed by atoms with Crippen LogP contribution in [0.5, 0.6) is 0 Å². The van der Waals surface area contributed by atoms with Gasteiger partial charge in [0.1, 0.15) is 0 Å². The van der Waals surface area contributed by atoms with Crippen molar-refractivity contribution in [3.05, 3.63) is 0 Å². The number of hydrogen-bond donors (Lipinski definition) is 1. The predicted octanol–water partition coefficient (Wildman–Crippen LogP) is 4.05. The van der Waals surface area contributed by atoms with Crippen molar-refractivity contribution in [3.63, 3.8) is 0 Å². The molecule has 19 heavy (non-hydrogen) atoms. The van der Waals surface area contributed by atoms with Gasteiger partial charge in [-0.15, -0.1) is 0 Å². The Balaban J connectivity index is 3.03. The van der Waals surface area contributed by atoms with Gasteiger partial charge < -0.3 is 5.32 Å². The average molecular weight is 268 g/mol. The molecule has 1 aliphatic heterocycles. The Bertz CT molecular complexity index is 264. The van der Waals surface area contributed by atoms with Gasteiger partial charge in [0.25, 0.3) is 0 Å². The third-order valence-electron chi connectivity index (χ3n) is 5.90. The fraction of sp³-hybridized carbons (Fsp3) is 1.00. The minimum absolute atomic E-state index is 0.330. The van der Waals surface area contributed by atoms with Crippen LogP contribution in [0.1, 0.15) is 74.1 Å². The molecule has 0 aromatic carbocycles. The average Bonchev–Trinajstić information content (AvgIpc) is 2.45. The first kappa shape index (κ1) is 17.0. The second-order valence-corrected chi connectivity index (χ2v) is 7.01. The van der Waals surface area contributed by atoms with Crippen LogP contribution in [0.15, 0.2) is 0 Å². The van der Waals surface area contributed by atoms with Gasteiger partial charge in [0.15, 0.2) is 0 Å². The zero-order valence-corrected chi connectivity index (χ0v) is 14.3. The Labute approximate surface area is 121 Å². The lowest BCUT2D eigenvalue weighted by molar-refractivity contribution is -0.0323. The van der Waals surface area contributed by atoms with Crippen LogP contribution in [0.2, 0.25) is 0 Å². The molecular weight excluding hydrogens is 232 g/mol. The van der Waals surface area contributed by atoms with Crippen molar-refractivity contribution in [2.45, 2.75) is 91.3 Å². The molecule has 2 heteroatoms. The molecule has 1 fully saturated rings. The highest BCUT2D eigenvalue weighted by Gasteiger charge is 2.43. The van der Waals surface area contributed by atoms with Crippen molar-refractivity contribution in [1.29, 1.82) is 0 Å². The maximum absolute atomic E-state index is 3.87. The summed E-state index contributed by atoms with van der Waals surface area (Å²) in [6.45, 7) is 18.9. The second kappa shape index (κ2) is 6.58. The molecule has 1 aliphatic rings. The van der Waals surface area contributed by atoms with Crippen molar-refractivity contribution in [1.82, 2.24) is 10.2 Å². The van der Waals surface area contributed by atoms with Crippen LogP contribution in [0.4, 0.5) is 0 Å². The molecule has 0 aromatic rings. The second-order valence-electron chi connectivity index (χ2n) is 7.01. The van der Waals surface area contributed by atoms with Gasteiger partial charge in [-0.1, -0.05) is 41.5 Å². The highest BCUT2D eigenvalue weighted by atomic mass is 15.3. The third-order valence-corrected chi connectivity index (χ3v) is 5.90. The van der Waals surface area contributed by atoms with Gasteiger partial charge in [-0.05, 0) is 38.5 Å². The van der Waals surface area contributed by atoms with E-state index in [-0.39, 0.29) is 0 Å². The maximum Gasteiger partial charge on any atom is 0.0304 e. The summed E-state index contributed by atoms with van der Waals surface area (Å²) in [7, 11) is 0. The van der Waals surface area contributed by atoms with Crippen molar-refractivity contribution in [3.8, 4) is 0 Å². The van der Waals surface area contributed by atoms with Crippen LogP contribution < -0.4 is 5.32 Å². The van der Waals surface area contributed by atoms with Crippen LogP contribution in [0.3, 0.4) is 0 Å². The quantitative estimate of drug-likeness (QED) is 0.781. The minimum atomic E-state index is 0.330. The monoisotopic (exact) mass is 268 g/mol. The van der Waals surface area contributed by atoms with Crippen LogP contribution >= 0.6 is 0 Å². The fourth-order valence-corrected chi connectivity index (χ4v) is 3.50. The summed E-state index contributed by atoms with van der Waals surface area (Å²) in [5.41, 5.74) is 0.684. The molecular formula is C17H36N2. The van der Waals surface area contributed by atoms with Crippen LogP contribution in [-0.2, 0) is 0 Å². The van der Waals surface area contributed by atoms with E-state index >= 15 is 0 Å². The fourth-order valence-electron chi connectivity index (χ4n) is 3.50. The van der Waals surface area contributed by atoms with Gasteiger partial charge in [0.2, 0.25) is 0 Å². The number of nitrogens with one attached hydrogen (secondary N) is 1. The minimum Gasteiger partial charge on any atom is -0.308 e. The van der Waals surface area contributed by atoms with E-state index in [1.807, 2.05) is 0 Å². The predicted molar refractivity (Wildman–Crippen MR) is 85.6 cm³/mol. The lowest BCUT2D eigenvalue weighted by Gasteiger charge is -2.55. The van der Waals surface area contributed by atoms with Gasteiger partial charge in [-0.25, -0.2) is 0 Å². The highest BCUT2D eigenvalue weighted by molar-refractivity contribution is 5.02. The van der Waals surface area contributed by atoms with Crippen molar-refractivity contribution < 1.29 is 0 Å². The molecule has 2 nitrogen and oxygen atoms in total. The molecule has 1 heterocycles. The summed E-state index contributed by atoms with van der Waals surface area (Å²) in [5.74, 6) is 0.719. The molecule has 0 amide bonds. The number of hydrogen-bond acceptors (Lipinski definition) is 2. The van der Waals surface area contributed by atoms with Gasteiger partial charge in [0, 0.05) is 30.2 Å². The molecule has 1 N–H and O–H groups in total. The van der Waals surface area contributed by atoms with Crippen LogP contribution in [0.25, 0.3) is 0 Å². The van der Waals surface area contributed by atoms with Gasteiger partial charge in [-0.2, -0.15) is 0 Å². The van der Waals surface area contributed by atoms with Crippen LogP contribution in [-0.4, -0.2) is 35.1 Å². The first-order chi connectivity index (χ1) is 8.88. The molecule has 0 radical (unpaired) electrons. The summed E-state index contributed by atoms with van der Waals surface area (Å²) in [6.07, 6.45) is 4.95. The summed E-state index contributed by atoms with van der Waals surface area (Å²) >= 11 is 0. The van der Waals surface area contributed by atoms with E-state index in [4.69, 9.17) is 0 Å². The standard InChI is InChI=1S/C17H36N2/c1-8-16(7,9-2)19-13-17(10-3,11-4)18-12-15(19)14(5)6/h14-15,18H,8-13H2,1-7H3. The van der Waals surface area contributed by atoms with E-state index in [0.29, 0.717) is 17.1 Å². The van der Waals surface area contributed by atoms with E-state index in [2.05, 4.69) is 58.7 Å². The van der Waals surface area contributed by atoms with Crippen LogP contribution in [0, 0.1) is 5.92 Å². The molecule has 0 bridgehead atoms. The van der Waals surface area contributed by atoms with E-state index in [9.17, 15) is 0 Å². The first-order valence-electron chi connectivity index (χ1n) is 8.39. The van der Waals surface area contributed by atoms with Gasteiger partial charge >= 0.3 is 0 Å². The Morgan fingerprint density at radius 1 is 1.16 bits per heavy atom. The molecule has 0 spiro atoms. The topological polar surface area (TPSA) is 15.3 Å². The summed E-state index contributed by atoms with van der Waals surface area (Å²) in [5, 5.41) is 3.87. The molecule has 0 saturated carbocycles. The number of piperazine rings is 1. The summed E-state index contributed by atoms with van der Waals surface area (Å²) in [4.78, 5) is 2.83. The zero-order valence-electron chi connectivity index (χ0n) is 14.3. The van der Waals surface area contributed by atoms with E-state index < -0.39 is 0 Å². The smallest absolute Gasteiger partial charge is 0.0304 e. The Morgan fingerprint density at radius 3 is 2.05 bits per heavy atom. The summed E-state index contributed by atoms with van der Waals surface area (Å²) < 4.78 is 0. The normalized spacial score (nSPS) is 24.9. The molecule has 1 unspecified atom stereocenters. The molecule has 1 atom stereocenters. The Hall–Kier alpha value is -0.0800. The highest BCUT2D eigenvalue weighted by Crippen LogP contribution is 2.34. The van der Waals surface area contributed by atoms with Crippen molar-refractivity contribution in [2.24, 2.45) is 5.92 Å². The molecule has 0 aliphatic carbocycles. The molecule has 1 saturated heterocycles. The zero-order chi connectivity index (χ0) is 14.7. The lowest BCUT2D eigenvalue weighted by atomic mass is 9.81. The van der Waals surface area contributed by atoms with Crippen molar-refractivity contribution >= 4 is 0 Å². The Kier molecular flexibility index (Phi) is 5.88. The molecule has 1 rings (SSSR count). The first-order valence-corrected chi connectivity index (χ1v) is 8.39. The Morgan fingerprint density at radius 2 is 1.68 bits per heavy atom. The van der Waals surface area contributed by atoms with E-state index in [1.165, 1.54) is 32.2 Å². The lowest BCUT2D eigenvalue weighted by Crippen LogP contribution is -2.69. The van der Waals surface area contributed by atoms with Gasteiger partial charge in [-0.3, -0.25) is 4.90 Å². The summed E-state index contributed by atoms with van der Waals surface area (Å²) in [6, 6.07) is 0.677. The SMILES string of the molecule is CCC1(CC)CN(C(C)(CC)CC)C(C(C)C)CN1. The van der Waals surface area contributed by atoms with E-state index in [0.717, 1.165) is 12.5 Å². The van der Waals surface area contributed by atoms with E-state index in [1.54, 1.807) is 0 Å². The van der Waals surface area contributed by atoms with Gasteiger partial charge in [0.05, 0.1) is 0 Å². The van der Waals surface area contributed by atoms with Crippen molar-refractivity contribution in [2.75, 3.05) is 13.1 Å². The maximum atomic E-state index is 3.87. The number of nitrogens with zero attached hydrogens (tertiary/aromatic N) is 1. The number of rotatable bonds is 6. The molecule has 114 valence electrons. The largest absolute Gasteiger partial charge is 0.308 e. The third kappa shape index (κ3) is 3.33. The molecule has 0 aromatic heterocycles.